The molecular weight excluding hydrogens is 284 g/mol. The fourth-order valence-corrected chi connectivity index (χ4v) is 4.32. The summed E-state index contributed by atoms with van der Waals surface area (Å²) in [5.41, 5.74) is 2.13. The zero-order chi connectivity index (χ0) is 14.2. The number of nitrogens with zero attached hydrogens (tertiary/aromatic N) is 2. The molecule has 5 heteroatoms. The highest BCUT2D eigenvalue weighted by molar-refractivity contribution is 8.07. The lowest BCUT2D eigenvalue weighted by molar-refractivity contribution is 0.0883. The minimum Gasteiger partial charge on any atom is -0.436 e. The van der Waals surface area contributed by atoms with Crippen LogP contribution in [-0.2, 0) is 4.74 Å². The van der Waals surface area contributed by atoms with Crippen LogP contribution in [0.15, 0.2) is 46.2 Å². The fourth-order valence-electron chi connectivity index (χ4n) is 3.04. The molecule has 0 N–H and O–H groups in total. The first-order valence-electron chi connectivity index (χ1n) is 7.35. The van der Waals surface area contributed by atoms with Crippen LogP contribution in [0.5, 0.6) is 0 Å². The molecular formula is C16H16N2O2S. The molecule has 2 aliphatic heterocycles. The highest BCUT2D eigenvalue weighted by Gasteiger charge is 2.38. The number of thioether (sulfide) groups is 1. The van der Waals surface area contributed by atoms with E-state index in [2.05, 4.69) is 11.1 Å². The molecule has 1 atom stereocenters. The molecule has 3 heterocycles. The molecule has 0 radical (unpaired) electrons. The number of carbonyl (C=O) groups is 1. The molecule has 3 aliphatic rings. The highest BCUT2D eigenvalue weighted by atomic mass is 32.2. The van der Waals surface area contributed by atoms with Crippen molar-refractivity contribution in [1.29, 1.82) is 0 Å². The molecule has 108 valence electrons. The van der Waals surface area contributed by atoms with Crippen molar-refractivity contribution in [3.8, 4) is 0 Å². The second-order valence-electron chi connectivity index (χ2n) is 5.46. The molecule has 0 spiro atoms. The van der Waals surface area contributed by atoms with Gasteiger partial charge in [0.05, 0.1) is 5.03 Å². The van der Waals surface area contributed by atoms with Gasteiger partial charge in [0.1, 0.15) is 6.10 Å². The fraction of sp³-hybridized carbons (Fsp3) is 0.375. The molecule has 1 aromatic rings. The monoisotopic (exact) mass is 300 g/mol. The van der Waals surface area contributed by atoms with E-state index in [-0.39, 0.29) is 12.2 Å². The van der Waals surface area contributed by atoms with Crippen LogP contribution in [0, 0.1) is 0 Å². The molecule has 0 saturated heterocycles. The molecule has 0 bridgehead atoms. The van der Waals surface area contributed by atoms with Crippen LogP contribution in [0.3, 0.4) is 0 Å². The van der Waals surface area contributed by atoms with Gasteiger partial charge in [-0.15, -0.1) is 0 Å². The number of aromatic nitrogens is 1. The summed E-state index contributed by atoms with van der Waals surface area (Å²) in [5, 5.41) is 1.01. The highest BCUT2D eigenvalue weighted by Crippen LogP contribution is 2.49. The van der Waals surface area contributed by atoms with Crippen LogP contribution in [0.4, 0.5) is 4.79 Å². The third-order valence-corrected chi connectivity index (χ3v) is 5.31. The average molecular weight is 300 g/mol. The zero-order valence-electron chi connectivity index (χ0n) is 11.6. The number of rotatable bonds is 1. The lowest BCUT2D eigenvalue weighted by Gasteiger charge is -2.28. The molecule has 0 saturated carbocycles. The second-order valence-corrected chi connectivity index (χ2v) is 6.57. The number of allylic oxidation sites excluding steroid dienone is 2. The predicted octanol–water partition coefficient (Wildman–Crippen LogP) is 4.34. The largest absolute Gasteiger partial charge is 0.436 e. The van der Waals surface area contributed by atoms with Crippen LogP contribution in [0.25, 0.3) is 0 Å². The van der Waals surface area contributed by atoms with Crippen molar-refractivity contribution >= 4 is 17.9 Å². The van der Waals surface area contributed by atoms with Crippen molar-refractivity contribution in [3.05, 3.63) is 51.8 Å². The van der Waals surface area contributed by atoms with Gasteiger partial charge in [-0.2, -0.15) is 0 Å². The summed E-state index contributed by atoms with van der Waals surface area (Å²) in [6.07, 6.45) is 10.6. The summed E-state index contributed by atoms with van der Waals surface area (Å²) < 4.78 is 5.61. The van der Waals surface area contributed by atoms with Crippen molar-refractivity contribution in [2.45, 2.75) is 38.2 Å². The Labute approximate surface area is 127 Å². The Morgan fingerprint density at radius 1 is 1.19 bits per heavy atom. The topological polar surface area (TPSA) is 42.4 Å². The van der Waals surface area contributed by atoms with Gasteiger partial charge in [0.25, 0.3) is 0 Å². The Bertz CT molecular complexity index is 639. The average Bonchev–Trinajstić information content (AvgIpc) is 2.71. The molecule has 1 amide bonds. The Balaban J connectivity index is 1.67. The molecule has 4 nitrogen and oxygen atoms in total. The van der Waals surface area contributed by atoms with Gasteiger partial charge in [-0.1, -0.05) is 18.2 Å². The molecule has 1 aromatic heterocycles. The van der Waals surface area contributed by atoms with Crippen LogP contribution in [-0.4, -0.2) is 16.0 Å². The Morgan fingerprint density at radius 3 is 2.86 bits per heavy atom. The van der Waals surface area contributed by atoms with Gasteiger partial charge in [0.15, 0.2) is 0 Å². The summed E-state index contributed by atoms with van der Waals surface area (Å²) in [4.78, 5) is 19.6. The quantitative estimate of drug-likeness (QED) is 0.774. The number of fused-ring (bicyclic) bond motifs is 2. The van der Waals surface area contributed by atoms with Gasteiger partial charge in [-0.25, -0.2) is 9.69 Å². The first kappa shape index (κ1) is 13.0. The predicted molar refractivity (Wildman–Crippen MR) is 81.1 cm³/mol. The van der Waals surface area contributed by atoms with Crippen LogP contribution < -0.4 is 0 Å². The van der Waals surface area contributed by atoms with Crippen molar-refractivity contribution in [2.75, 3.05) is 0 Å². The molecule has 1 aliphatic carbocycles. The number of amides is 1. The lowest BCUT2D eigenvalue weighted by atomic mass is 10.1. The van der Waals surface area contributed by atoms with Crippen LogP contribution in [0.2, 0.25) is 0 Å². The Hall–Kier alpha value is -1.75. The third kappa shape index (κ3) is 2.25. The van der Waals surface area contributed by atoms with Gasteiger partial charge < -0.3 is 4.74 Å². The van der Waals surface area contributed by atoms with Gasteiger partial charge in [-0.3, -0.25) is 4.98 Å². The van der Waals surface area contributed by atoms with E-state index in [0.717, 1.165) is 29.9 Å². The van der Waals surface area contributed by atoms with E-state index < -0.39 is 0 Å². The van der Waals surface area contributed by atoms with E-state index in [0.29, 0.717) is 0 Å². The number of ether oxygens (including phenoxy) is 1. The first-order chi connectivity index (χ1) is 10.3. The van der Waals surface area contributed by atoms with E-state index in [1.54, 1.807) is 29.1 Å². The second kappa shape index (κ2) is 5.22. The maximum atomic E-state index is 12.4. The SMILES string of the molecule is O=C1OC(c2ccncc2)C=C2SC3=C(CCCCC3)N12. The Morgan fingerprint density at radius 2 is 2.00 bits per heavy atom. The van der Waals surface area contributed by atoms with E-state index in [4.69, 9.17) is 4.74 Å². The smallest absolute Gasteiger partial charge is 0.420 e. The van der Waals surface area contributed by atoms with Crippen LogP contribution >= 0.6 is 11.8 Å². The molecule has 21 heavy (non-hydrogen) atoms. The standard InChI is InChI=1S/C16H16N2O2S/c19-16-18-12-4-2-1-3-5-14(12)21-15(18)10-13(20-16)11-6-8-17-9-7-11/h6-10,13H,1-5H2. The summed E-state index contributed by atoms with van der Waals surface area (Å²) in [5.74, 6) is 0. The van der Waals surface area contributed by atoms with Gasteiger partial charge in [0, 0.05) is 23.0 Å². The number of hydrogen-bond donors (Lipinski definition) is 0. The third-order valence-electron chi connectivity index (χ3n) is 4.10. The Kier molecular flexibility index (Phi) is 3.22. The lowest BCUT2D eigenvalue weighted by Crippen LogP contribution is -2.32. The molecule has 0 aromatic carbocycles. The maximum absolute atomic E-state index is 12.4. The van der Waals surface area contributed by atoms with E-state index >= 15 is 0 Å². The summed E-state index contributed by atoms with van der Waals surface area (Å²) in [7, 11) is 0. The maximum Gasteiger partial charge on any atom is 0.420 e. The summed E-state index contributed by atoms with van der Waals surface area (Å²) in [6.45, 7) is 0. The number of pyridine rings is 1. The normalized spacial score (nSPS) is 25.0. The minimum absolute atomic E-state index is 0.242. The van der Waals surface area contributed by atoms with Gasteiger partial charge in [-0.05, 0) is 49.5 Å². The van der Waals surface area contributed by atoms with Gasteiger partial charge in [0.2, 0.25) is 0 Å². The van der Waals surface area contributed by atoms with E-state index in [1.165, 1.54) is 23.4 Å². The molecule has 1 unspecified atom stereocenters. The number of carbonyl (C=O) groups excluding carboxylic acids is 1. The van der Waals surface area contributed by atoms with Gasteiger partial charge >= 0.3 is 6.09 Å². The number of cyclic esters (lactones) is 1. The van der Waals surface area contributed by atoms with Crippen molar-refractivity contribution in [3.63, 3.8) is 0 Å². The molecule has 0 fully saturated rings. The minimum atomic E-state index is -0.303. The first-order valence-corrected chi connectivity index (χ1v) is 8.17. The van der Waals surface area contributed by atoms with Crippen LogP contribution in [0.1, 0.15) is 43.8 Å². The zero-order valence-corrected chi connectivity index (χ0v) is 12.4. The van der Waals surface area contributed by atoms with E-state index in [1.807, 2.05) is 12.1 Å². The number of hydrogen-bond acceptors (Lipinski definition) is 4. The summed E-state index contributed by atoms with van der Waals surface area (Å²) >= 11 is 1.74. The van der Waals surface area contributed by atoms with Crippen molar-refractivity contribution < 1.29 is 9.53 Å². The van der Waals surface area contributed by atoms with Crippen molar-refractivity contribution in [1.82, 2.24) is 9.88 Å². The van der Waals surface area contributed by atoms with E-state index in [9.17, 15) is 4.79 Å². The summed E-state index contributed by atoms with van der Waals surface area (Å²) in [6, 6.07) is 3.78. The molecule has 4 rings (SSSR count). The van der Waals surface area contributed by atoms with Crippen molar-refractivity contribution in [2.24, 2.45) is 0 Å².